The fraction of sp³-hybridized carbons (Fsp3) is 0.400. The van der Waals surface area contributed by atoms with Crippen molar-refractivity contribution in [3.8, 4) is 0 Å². The van der Waals surface area contributed by atoms with Crippen LogP contribution < -0.4 is 0 Å². The fourth-order valence-corrected chi connectivity index (χ4v) is 2.19. The van der Waals surface area contributed by atoms with Crippen LogP contribution in [0.5, 0.6) is 0 Å². The highest BCUT2D eigenvalue weighted by Crippen LogP contribution is 2.10. The van der Waals surface area contributed by atoms with Gasteiger partial charge in [-0.1, -0.05) is 68.8 Å². The van der Waals surface area contributed by atoms with Gasteiger partial charge in [0.15, 0.2) is 0 Å². The van der Waals surface area contributed by atoms with Gasteiger partial charge >= 0.3 is 0 Å². The number of hydrogen-bond acceptors (Lipinski definition) is 0. The van der Waals surface area contributed by atoms with E-state index in [0.717, 1.165) is 19.3 Å². The first-order valence-electron chi connectivity index (χ1n) is 7.74. The molecule has 0 atom stereocenters. The molecular formula is C20H28. The number of rotatable bonds is 3. The lowest BCUT2D eigenvalue weighted by atomic mass is 10.0. The zero-order valence-electron chi connectivity index (χ0n) is 13.7. The Morgan fingerprint density at radius 3 is 1.50 bits per heavy atom. The molecule has 0 saturated heterocycles. The summed E-state index contributed by atoms with van der Waals surface area (Å²) in [5, 5.41) is 0. The van der Waals surface area contributed by atoms with Gasteiger partial charge in [0.05, 0.1) is 0 Å². The van der Waals surface area contributed by atoms with Crippen LogP contribution in [0.4, 0.5) is 0 Å². The number of benzene rings is 2. The van der Waals surface area contributed by atoms with Crippen LogP contribution in [0.1, 0.15) is 48.6 Å². The minimum atomic E-state index is 1.14. The molecule has 0 heteroatoms. The monoisotopic (exact) mass is 268 g/mol. The molecule has 0 amide bonds. The maximum atomic E-state index is 2.26. The van der Waals surface area contributed by atoms with Gasteiger partial charge in [-0.15, -0.1) is 0 Å². The maximum Gasteiger partial charge on any atom is -0.0305 e. The first-order valence-corrected chi connectivity index (χ1v) is 7.74. The molecule has 20 heavy (non-hydrogen) atoms. The Bertz CT molecular complexity index is 483. The van der Waals surface area contributed by atoms with Crippen LogP contribution in [-0.4, -0.2) is 0 Å². The van der Waals surface area contributed by atoms with Crippen LogP contribution in [0.2, 0.25) is 0 Å². The summed E-state index contributed by atoms with van der Waals surface area (Å²) in [7, 11) is 0. The minimum absolute atomic E-state index is 1.14. The molecule has 0 saturated carbocycles. The van der Waals surface area contributed by atoms with Gasteiger partial charge in [-0.25, -0.2) is 0 Å². The Labute approximate surface area is 124 Å². The molecule has 0 aliphatic rings. The minimum Gasteiger partial charge on any atom is -0.0613 e. The van der Waals surface area contributed by atoms with Gasteiger partial charge in [0.1, 0.15) is 0 Å². The van der Waals surface area contributed by atoms with Crippen LogP contribution in [0.3, 0.4) is 0 Å². The van der Waals surface area contributed by atoms with Crippen LogP contribution in [0, 0.1) is 13.8 Å². The molecule has 0 aliphatic carbocycles. The largest absolute Gasteiger partial charge is 0.0613 e. The van der Waals surface area contributed by atoms with Crippen molar-refractivity contribution >= 4 is 0 Å². The Kier molecular flexibility index (Phi) is 7.08. The van der Waals surface area contributed by atoms with Gasteiger partial charge in [0.2, 0.25) is 0 Å². The average molecular weight is 268 g/mol. The fourth-order valence-electron chi connectivity index (χ4n) is 2.19. The van der Waals surface area contributed by atoms with Crippen molar-refractivity contribution in [2.24, 2.45) is 0 Å². The summed E-state index contributed by atoms with van der Waals surface area (Å²) in [5.41, 5.74) is 7.10. The van der Waals surface area contributed by atoms with E-state index in [-0.39, 0.29) is 0 Å². The van der Waals surface area contributed by atoms with Gasteiger partial charge in [-0.05, 0) is 55.4 Å². The van der Waals surface area contributed by atoms with Crippen molar-refractivity contribution in [3.63, 3.8) is 0 Å². The van der Waals surface area contributed by atoms with E-state index >= 15 is 0 Å². The van der Waals surface area contributed by atoms with E-state index in [1.807, 2.05) is 0 Å². The predicted octanol–water partition coefficient (Wildman–Crippen LogP) is 5.68. The van der Waals surface area contributed by atoms with Gasteiger partial charge in [0.25, 0.3) is 0 Å². The van der Waals surface area contributed by atoms with Crippen molar-refractivity contribution in [1.29, 1.82) is 0 Å². The van der Waals surface area contributed by atoms with Crippen LogP contribution in [0.25, 0.3) is 0 Å². The molecule has 0 radical (unpaired) electrons. The highest BCUT2D eigenvalue weighted by atomic mass is 14.0. The lowest BCUT2D eigenvalue weighted by molar-refractivity contribution is 1.10. The molecule has 0 fully saturated rings. The van der Waals surface area contributed by atoms with Crippen molar-refractivity contribution < 1.29 is 0 Å². The third kappa shape index (κ3) is 5.21. The molecule has 0 nitrogen and oxygen atoms in total. The molecule has 0 heterocycles. The predicted molar refractivity (Wildman–Crippen MR) is 90.5 cm³/mol. The van der Waals surface area contributed by atoms with Gasteiger partial charge in [-0.3, -0.25) is 0 Å². The van der Waals surface area contributed by atoms with Crippen molar-refractivity contribution in [2.45, 2.75) is 53.9 Å². The smallest absolute Gasteiger partial charge is 0.0305 e. The van der Waals surface area contributed by atoms with E-state index in [9.17, 15) is 0 Å². The third-order valence-corrected chi connectivity index (χ3v) is 3.73. The standard InChI is InChI=1S/2C10H14/c1-4-10-7-8(2)5-6-9(10)3;1-3-9-5-7-10(4-2)8-6-9/h5-7H,4H2,1-3H3;5-8H,3-4H2,1-2H3. The van der Waals surface area contributed by atoms with E-state index in [2.05, 4.69) is 77.1 Å². The molecule has 2 aromatic rings. The normalized spacial score (nSPS) is 9.85. The molecular weight excluding hydrogens is 240 g/mol. The first kappa shape index (κ1) is 16.5. The Morgan fingerprint density at radius 2 is 1.15 bits per heavy atom. The summed E-state index contributed by atoms with van der Waals surface area (Å²) in [6.07, 6.45) is 3.43. The molecule has 0 spiro atoms. The van der Waals surface area contributed by atoms with Crippen molar-refractivity contribution in [1.82, 2.24) is 0 Å². The molecule has 0 N–H and O–H groups in total. The summed E-state index contributed by atoms with van der Waals surface area (Å²) in [6.45, 7) is 10.9. The van der Waals surface area contributed by atoms with Crippen LogP contribution >= 0.6 is 0 Å². The van der Waals surface area contributed by atoms with E-state index in [0.29, 0.717) is 0 Å². The Morgan fingerprint density at radius 1 is 0.650 bits per heavy atom. The van der Waals surface area contributed by atoms with Gasteiger partial charge in [0, 0.05) is 0 Å². The van der Waals surface area contributed by atoms with E-state index in [1.165, 1.54) is 27.8 Å². The zero-order valence-corrected chi connectivity index (χ0v) is 13.7. The third-order valence-electron chi connectivity index (χ3n) is 3.73. The topological polar surface area (TPSA) is 0 Å². The molecule has 0 bridgehead atoms. The maximum absolute atomic E-state index is 2.26. The molecule has 108 valence electrons. The zero-order chi connectivity index (χ0) is 15.0. The van der Waals surface area contributed by atoms with E-state index in [1.54, 1.807) is 0 Å². The average Bonchev–Trinajstić information content (AvgIpc) is 2.50. The van der Waals surface area contributed by atoms with Crippen LogP contribution in [-0.2, 0) is 19.3 Å². The Balaban J connectivity index is 0.000000200. The van der Waals surface area contributed by atoms with Crippen molar-refractivity contribution in [3.05, 3.63) is 70.3 Å². The SMILES string of the molecule is CCc1cc(C)ccc1C.CCc1ccc(CC)cc1. The summed E-state index contributed by atoms with van der Waals surface area (Å²) < 4.78 is 0. The number of hydrogen-bond donors (Lipinski definition) is 0. The molecule has 0 aromatic heterocycles. The second kappa shape index (κ2) is 8.58. The van der Waals surface area contributed by atoms with E-state index in [4.69, 9.17) is 0 Å². The number of aryl methyl sites for hydroxylation is 5. The summed E-state index contributed by atoms with van der Waals surface area (Å²) in [4.78, 5) is 0. The second-order valence-electron chi connectivity index (χ2n) is 5.31. The molecule has 2 rings (SSSR count). The molecule has 0 unspecified atom stereocenters. The summed E-state index contributed by atoms with van der Waals surface area (Å²) >= 11 is 0. The molecule has 0 aliphatic heterocycles. The van der Waals surface area contributed by atoms with Gasteiger partial charge in [-0.2, -0.15) is 0 Å². The summed E-state index contributed by atoms with van der Waals surface area (Å²) in [5.74, 6) is 0. The second-order valence-corrected chi connectivity index (χ2v) is 5.31. The van der Waals surface area contributed by atoms with Gasteiger partial charge < -0.3 is 0 Å². The summed E-state index contributed by atoms with van der Waals surface area (Å²) in [6, 6.07) is 15.4. The highest BCUT2D eigenvalue weighted by Gasteiger charge is 1.93. The first-order chi connectivity index (χ1) is 9.60. The lowest BCUT2D eigenvalue weighted by Crippen LogP contribution is -1.86. The van der Waals surface area contributed by atoms with E-state index < -0.39 is 0 Å². The quantitative estimate of drug-likeness (QED) is 0.672. The van der Waals surface area contributed by atoms with Crippen LogP contribution in [0.15, 0.2) is 42.5 Å². The lowest BCUT2D eigenvalue weighted by Gasteiger charge is -2.02. The van der Waals surface area contributed by atoms with Crippen molar-refractivity contribution in [2.75, 3.05) is 0 Å². The Hall–Kier alpha value is -1.56. The molecule has 2 aromatic carbocycles. The highest BCUT2D eigenvalue weighted by molar-refractivity contribution is 5.30.